The van der Waals surface area contributed by atoms with Crippen molar-refractivity contribution >= 4 is 5.91 Å². The molecule has 0 aromatic heterocycles. The fourth-order valence-electron chi connectivity index (χ4n) is 4.08. The van der Waals surface area contributed by atoms with Crippen LogP contribution in [0, 0.1) is 6.92 Å². The SMILES string of the molecule is CNCc1cc(C(=O)N2CCCN(C(C)C)CC2)ccc1Oc1ccc(C)c(C(F)(F)F)c1. The van der Waals surface area contributed by atoms with Crippen molar-refractivity contribution in [1.29, 1.82) is 0 Å². The zero-order chi connectivity index (χ0) is 24.2. The summed E-state index contributed by atoms with van der Waals surface area (Å²) in [6.45, 7) is 9.32. The smallest absolute Gasteiger partial charge is 0.416 e. The molecule has 1 fully saturated rings. The lowest BCUT2D eigenvalue weighted by atomic mass is 10.1. The molecule has 0 atom stereocenters. The third-order valence-corrected chi connectivity index (χ3v) is 5.96. The average molecular weight is 464 g/mol. The Bertz CT molecular complexity index is 976. The maximum Gasteiger partial charge on any atom is 0.416 e. The van der Waals surface area contributed by atoms with Crippen LogP contribution >= 0.6 is 0 Å². The summed E-state index contributed by atoms with van der Waals surface area (Å²) in [5.74, 6) is 0.476. The van der Waals surface area contributed by atoms with Crippen LogP contribution in [-0.4, -0.2) is 55.0 Å². The van der Waals surface area contributed by atoms with E-state index >= 15 is 0 Å². The fourth-order valence-corrected chi connectivity index (χ4v) is 4.08. The number of nitrogens with zero attached hydrogens (tertiary/aromatic N) is 2. The van der Waals surface area contributed by atoms with Gasteiger partial charge in [-0.2, -0.15) is 13.2 Å². The molecule has 2 aromatic carbocycles. The van der Waals surface area contributed by atoms with Gasteiger partial charge in [0.15, 0.2) is 0 Å². The van der Waals surface area contributed by atoms with Crippen LogP contribution in [0.4, 0.5) is 13.2 Å². The number of ether oxygens (including phenoxy) is 1. The number of aryl methyl sites for hydroxylation is 1. The quantitative estimate of drug-likeness (QED) is 0.649. The molecule has 3 rings (SSSR count). The van der Waals surface area contributed by atoms with Crippen molar-refractivity contribution in [3.63, 3.8) is 0 Å². The van der Waals surface area contributed by atoms with E-state index in [0.29, 0.717) is 42.6 Å². The molecule has 0 unspecified atom stereocenters. The van der Waals surface area contributed by atoms with Crippen LogP contribution in [0.5, 0.6) is 11.5 Å². The summed E-state index contributed by atoms with van der Waals surface area (Å²) in [5.41, 5.74) is 0.667. The van der Waals surface area contributed by atoms with Crippen LogP contribution in [0.25, 0.3) is 0 Å². The summed E-state index contributed by atoms with van der Waals surface area (Å²) in [4.78, 5) is 17.4. The number of halogens is 3. The molecule has 180 valence electrons. The Morgan fingerprint density at radius 1 is 1.09 bits per heavy atom. The van der Waals surface area contributed by atoms with Crippen molar-refractivity contribution in [2.45, 2.75) is 46.0 Å². The van der Waals surface area contributed by atoms with Crippen LogP contribution < -0.4 is 10.1 Å². The van der Waals surface area contributed by atoms with Crippen LogP contribution in [0.1, 0.15) is 47.3 Å². The molecule has 0 saturated carbocycles. The van der Waals surface area contributed by atoms with Gasteiger partial charge in [-0.25, -0.2) is 0 Å². The monoisotopic (exact) mass is 463 g/mol. The van der Waals surface area contributed by atoms with E-state index in [1.54, 1.807) is 25.2 Å². The van der Waals surface area contributed by atoms with Gasteiger partial charge in [0.2, 0.25) is 0 Å². The van der Waals surface area contributed by atoms with E-state index in [2.05, 4.69) is 24.1 Å². The average Bonchev–Trinajstić information content (AvgIpc) is 3.01. The molecule has 8 heteroatoms. The number of benzene rings is 2. The van der Waals surface area contributed by atoms with Gasteiger partial charge in [-0.3, -0.25) is 9.69 Å². The summed E-state index contributed by atoms with van der Waals surface area (Å²) in [7, 11) is 1.77. The summed E-state index contributed by atoms with van der Waals surface area (Å²) in [6.07, 6.45) is -3.53. The molecular formula is C25H32F3N3O2. The number of amides is 1. The lowest BCUT2D eigenvalue weighted by molar-refractivity contribution is -0.138. The Morgan fingerprint density at radius 3 is 2.52 bits per heavy atom. The van der Waals surface area contributed by atoms with E-state index < -0.39 is 11.7 Å². The van der Waals surface area contributed by atoms with E-state index in [1.807, 2.05) is 4.90 Å². The molecule has 1 amide bonds. The normalized spacial score (nSPS) is 15.6. The second-order valence-corrected chi connectivity index (χ2v) is 8.70. The van der Waals surface area contributed by atoms with Gasteiger partial charge in [-0.1, -0.05) is 6.07 Å². The lowest BCUT2D eigenvalue weighted by Crippen LogP contribution is -2.37. The third-order valence-electron chi connectivity index (χ3n) is 5.96. The highest BCUT2D eigenvalue weighted by Gasteiger charge is 2.32. The Labute approximate surface area is 193 Å². The highest BCUT2D eigenvalue weighted by molar-refractivity contribution is 5.94. The van der Waals surface area contributed by atoms with Crippen LogP contribution in [0.3, 0.4) is 0 Å². The highest BCUT2D eigenvalue weighted by Crippen LogP contribution is 2.36. The minimum absolute atomic E-state index is 0.0424. The summed E-state index contributed by atoms with van der Waals surface area (Å²) >= 11 is 0. The maximum absolute atomic E-state index is 13.3. The minimum atomic E-state index is -4.45. The number of hydrogen-bond acceptors (Lipinski definition) is 4. The molecule has 0 bridgehead atoms. The van der Waals surface area contributed by atoms with E-state index in [4.69, 9.17) is 4.74 Å². The van der Waals surface area contributed by atoms with E-state index in [9.17, 15) is 18.0 Å². The number of hydrogen-bond donors (Lipinski definition) is 1. The number of rotatable bonds is 6. The molecule has 1 aliphatic heterocycles. The van der Waals surface area contributed by atoms with Crippen molar-refractivity contribution < 1.29 is 22.7 Å². The molecular weight excluding hydrogens is 431 g/mol. The minimum Gasteiger partial charge on any atom is -0.457 e. The molecule has 2 aromatic rings. The van der Waals surface area contributed by atoms with Gasteiger partial charge in [0, 0.05) is 49.9 Å². The van der Waals surface area contributed by atoms with Crippen molar-refractivity contribution in [2.24, 2.45) is 0 Å². The number of nitrogens with one attached hydrogen (secondary N) is 1. The summed E-state index contributed by atoms with van der Waals surface area (Å²) in [6, 6.07) is 9.47. The zero-order valence-corrected chi connectivity index (χ0v) is 19.6. The van der Waals surface area contributed by atoms with Crippen LogP contribution in [0.15, 0.2) is 36.4 Å². The summed E-state index contributed by atoms with van der Waals surface area (Å²) < 4.78 is 45.6. The number of carbonyl (C=O) groups is 1. The lowest BCUT2D eigenvalue weighted by Gasteiger charge is -2.25. The van der Waals surface area contributed by atoms with Gasteiger partial charge in [0.1, 0.15) is 11.5 Å². The maximum atomic E-state index is 13.3. The Balaban J connectivity index is 1.82. The first kappa shape index (κ1) is 25.1. The second kappa shape index (κ2) is 10.6. The first-order chi connectivity index (χ1) is 15.6. The number of carbonyl (C=O) groups excluding carboxylic acids is 1. The first-order valence-corrected chi connectivity index (χ1v) is 11.3. The second-order valence-electron chi connectivity index (χ2n) is 8.70. The van der Waals surface area contributed by atoms with Gasteiger partial charge >= 0.3 is 6.18 Å². The topological polar surface area (TPSA) is 44.8 Å². The molecule has 1 saturated heterocycles. The molecule has 1 aliphatic rings. The molecule has 1 heterocycles. The van der Waals surface area contributed by atoms with Crippen LogP contribution in [0.2, 0.25) is 0 Å². The molecule has 5 nitrogen and oxygen atoms in total. The van der Waals surface area contributed by atoms with Crippen LogP contribution in [-0.2, 0) is 12.7 Å². The predicted octanol–water partition coefficient (Wildman–Crippen LogP) is 5.08. The standard InChI is InChI=1S/C25H32F3N3O2/c1-17(2)30-10-5-11-31(13-12-30)24(32)19-7-9-23(20(14-19)16-29-4)33-21-8-6-18(3)22(15-21)25(26,27)28/h6-9,14-15,17,29H,5,10-13,16H2,1-4H3. The zero-order valence-electron chi connectivity index (χ0n) is 19.6. The summed E-state index contributed by atoms with van der Waals surface area (Å²) in [5, 5.41) is 3.04. The van der Waals surface area contributed by atoms with E-state index in [0.717, 1.165) is 25.6 Å². The molecule has 0 aliphatic carbocycles. The fraction of sp³-hybridized carbons (Fsp3) is 0.480. The Kier molecular flexibility index (Phi) is 8.02. The molecule has 0 spiro atoms. The van der Waals surface area contributed by atoms with Crippen molar-refractivity contribution in [2.75, 3.05) is 33.2 Å². The Hall–Kier alpha value is -2.58. The van der Waals surface area contributed by atoms with Crippen molar-refractivity contribution in [1.82, 2.24) is 15.1 Å². The van der Waals surface area contributed by atoms with Crippen molar-refractivity contribution in [3.8, 4) is 11.5 Å². The Morgan fingerprint density at radius 2 is 1.85 bits per heavy atom. The largest absolute Gasteiger partial charge is 0.457 e. The first-order valence-electron chi connectivity index (χ1n) is 11.3. The third kappa shape index (κ3) is 6.26. The van der Waals surface area contributed by atoms with Gasteiger partial charge in [0.05, 0.1) is 5.56 Å². The highest BCUT2D eigenvalue weighted by atomic mass is 19.4. The molecule has 1 N–H and O–H groups in total. The van der Waals surface area contributed by atoms with Gasteiger partial charge < -0.3 is 15.0 Å². The van der Waals surface area contributed by atoms with Crippen molar-refractivity contribution in [3.05, 3.63) is 58.7 Å². The van der Waals surface area contributed by atoms with E-state index in [1.165, 1.54) is 19.1 Å². The molecule has 0 radical (unpaired) electrons. The van der Waals surface area contributed by atoms with Gasteiger partial charge in [-0.15, -0.1) is 0 Å². The van der Waals surface area contributed by atoms with Gasteiger partial charge in [-0.05, 0) is 70.1 Å². The van der Waals surface area contributed by atoms with E-state index in [-0.39, 0.29) is 17.2 Å². The van der Waals surface area contributed by atoms with Gasteiger partial charge in [0.25, 0.3) is 5.91 Å². The molecule has 33 heavy (non-hydrogen) atoms. The predicted molar refractivity (Wildman–Crippen MR) is 123 cm³/mol. The number of alkyl halides is 3.